The highest BCUT2D eigenvalue weighted by Crippen LogP contribution is 2.24. The molecular formula is C15H18O3S. The number of rotatable bonds is 6. The molecule has 0 saturated heterocycles. The van der Waals surface area contributed by atoms with Crippen molar-refractivity contribution in [3.8, 4) is 0 Å². The molecular weight excluding hydrogens is 260 g/mol. The first-order chi connectivity index (χ1) is 9.15. The molecule has 2 aromatic carbocycles. The average Bonchev–Trinajstić information content (AvgIpc) is 2.43. The minimum absolute atomic E-state index is 0.249. The Hall–Kier alpha value is -1.39. The highest BCUT2D eigenvalue weighted by molar-refractivity contribution is 7.87. The van der Waals surface area contributed by atoms with E-state index in [0.29, 0.717) is 5.39 Å². The second-order valence-corrected chi connectivity index (χ2v) is 6.04. The van der Waals surface area contributed by atoms with Crippen molar-refractivity contribution in [2.75, 3.05) is 6.61 Å². The summed E-state index contributed by atoms with van der Waals surface area (Å²) < 4.78 is 29.5. The zero-order chi connectivity index (χ0) is 13.7. The Morgan fingerprint density at radius 3 is 2.53 bits per heavy atom. The van der Waals surface area contributed by atoms with E-state index in [9.17, 15) is 8.42 Å². The standard InChI is InChI=1S/C15H18O3S/c1-2-3-6-12-18-19(16,17)15-11-7-9-13-8-4-5-10-14(13)15/h4-5,7-11H,2-3,6,12H2,1H3. The van der Waals surface area contributed by atoms with E-state index in [0.717, 1.165) is 24.6 Å². The largest absolute Gasteiger partial charge is 0.297 e. The summed E-state index contributed by atoms with van der Waals surface area (Å²) in [5.41, 5.74) is 0. The van der Waals surface area contributed by atoms with Gasteiger partial charge in [-0.15, -0.1) is 0 Å². The van der Waals surface area contributed by atoms with Crippen LogP contribution in [0.2, 0.25) is 0 Å². The van der Waals surface area contributed by atoms with Gasteiger partial charge >= 0.3 is 0 Å². The molecule has 0 aliphatic heterocycles. The molecule has 0 amide bonds. The zero-order valence-electron chi connectivity index (χ0n) is 11.0. The van der Waals surface area contributed by atoms with Crippen LogP contribution < -0.4 is 0 Å². The first-order valence-electron chi connectivity index (χ1n) is 6.52. The van der Waals surface area contributed by atoms with Crippen molar-refractivity contribution in [2.45, 2.75) is 31.1 Å². The van der Waals surface area contributed by atoms with Gasteiger partial charge in [0.15, 0.2) is 0 Å². The third-order valence-corrected chi connectivity index (χ3v) is 4.38. The van der Waals surface area contributed by atoms with Gasteiger partial charge in [-0.3, -0.25) is 4.18 Å². The van der Waals surface area contributed by atoms with E-state index >= 15 is 0 Å². The van der Waals surface area contributed by atoms with Gasteiger partial charge in [-0.2, -0.15) is 8.42 Å². The van der Waals surface area contributed by atoms with Gasteiger partial charge in [0.25, 0.3) is 10.1 Å². The van der Waals surface area contributed by atoms with Crippen LogP contribution in [-0.2, 0) is 14.3 Å². The molecule has 0 unspecified atom stereocenters. The lowest BCUT2D eigenvalue weighted by molar-refractivity contribution is 0.308. The molecule has 0 aliphatic rings. The van der Waals surface area contributed by atoms with E-state index in [-0.39, 0.29) is 11.5 Å². The van der Waals surface area contributed by atoms with Gasteiger partial charge in [-0.25, -0.2) is 0 Å². The predicted molar refractivity (Wildman–Crippen MR) is 76.6 cm³/mol. The van der Waals surface area contributed by atoms with Crippen LogP contribution in [-0.4, -0.2) is 15.0 Å². The minimum atomic E-state index is -3.67. The summed E-state index contributed by atoms with van der Waals surface area (Å²) in [7, 11) is -3.67. The quantitative estimate of drug-likeness (QED) is 0.597. The van der Waals surface area contributed by atoms with Crippen LogP contribution in [0.3, 0.4) is 0 Å². The van der Waals surface area contributed by atoms with Crippen LogP contribution in [0.5, 0.6) is 0 Å². The Morgan fingerprint density at radius 2 is 1.74 bits per heavy atom. The van der Waals surface area contributed by atoms with E-state index in [2.05, 4.69) is 6.92 Å². The van der Waals surface area contributed by atoms with Crippen molar-refractivity contribution in [1.82, 2.24) is 0 Å². The fraction of sp³-hybridized carbons (Fsp3) is 0.333. The van der Waals surface area contributed by atoms with Crippen molar-refractivity contribution in [3.63, 3.8) is 0 Å². The molecule has 2 rings (SSSR count). The Morgan fingerprint density at radius 1 is 1.00 bits per heavy atom. The average molecular weight is 278 g/mol. The molecule has 0 radical (unpaired) electrons. The lowest BCUT2D eigenvalue weighted by Gasteiger charge is -2.08. The van der Waals surface area contributed by atoms with Gasteiger partial charge in [0.05, 0.1) is 6.61 Å². The molecule has 0 aliphatic carbocycles. The second kappa shape index (κ2) is 6.17. The Balaban J connectivity index is 2.28. The van der Waals surface area contributed by atoms with Crippen LogP contribution >= 0.6 is 0 Å². The monoisotopic (exact) mass is 278 g/mol. The van der Waals surface area contributed by atoms with Crippen molar-refractivity contribution in [1.29, 1.82) is 0 Å². The number of unbranched alkanes of at least 4 members (excludes halogenated alkanes) is 2. The molecule has 4 heteroatoms. The smallest absolute Gasteiger partial charge is 0.266 e. The lowest BCUT2D eigenvalue weighted by Crippen LogP contribution is -2.08. The number of hydrogen-bond donors (Lipinski definition) is 0. The van der Waals surface area contributed by atoms with E-state index in [1.165, 1.54) is 0 Å². The van der Waals surface area contributed by atoms with Crippen LogP contribution in [0, 0.1) is 0 Å². The predicted octanol–water partition coefficient (Wildman–Crippen LogP) is 3.74. The number of fused-ring (bicyclic) bond motifs is 1. The first-order valence-corrected chi connectivity index (χ1v) is 7.93. The van der Waals surface area contributed by atoms with Crippen molar-refractivity contribution < 1.29 is 12.6 Å². The van der Waals surface area contributed by atoms with Gasteiger partial charge in [0.1, 0.15) is 4.90 Å². The molecule has 0 aromatic heterocycles. The molecule has 102 valence electrons. The molecule has 0 heterocycles. The summed E-state index contributed by atoms with van der Waals surface area (Å²) in [6, 6.07) is 12.6. The van der Waals surface area contributed by atoms with Crippen molar-refractivity contribution in [2.24, 2.45) is 0 Å². The topological polar surface area (TPSA) is 43.4 Å². The molecule has 0 atom stereocenters. The Labute approximate surface area is 114 Å². The summed E-state index contributed by atoms with van der Waals surface area (Å²) in [6.07, 6.45) is 2.78. The summed E-state index contributed by atoms with van der Waals surface area (Å²) in [5, 5.41) is 1.61. The molecule has 0 N–H and O–H groups in total. The molecule has 19 heavy (non-hydrogen) atoms. The van der Waals surface area contributed by atoms with Gasteiger partial charge in [-0.05, 0) is 17.9 Å². The molecule has 3 nitrogen and oxygen atoms in total. The molecule has 0 bridgehead atoms. The van der Waals surface area contributed by atoms with Gasteiger partial charge < -0.3 is 0 Å². The van der Waals surface area contributed by atoms with Gasteiger partial charge in [0, 0.05) is 5.39 Å². The molecule has 0 saturated carbocycles. The summed E-state index contributed by atoms with van der Waals surface area (Å²) in [6.45, 7) is 2.32. The minimum Gasteiger partial charge on any atom is -0.266 e. The fourth-order valence-corrected chi connectivity index (χ4v) is 3.16. The molecule has 2 aromatic rings. The number of benzene rings is 2. The maximum Gasteiger partial charge on any atom is 0.297 e. The maximum atomic E-state index is 12.2. The van der Waals surface area contributed by atoms with E-state index < -0.39 is 10.1 Å². The normalized spacial score (nSPS) is 11.8. The van der Waals surface area contributed by atoms with E-state index in [1.54, 1.807) is 18.2 Å². The number of hydrogen-bond acceptors (Lipinski definition) is 3. The second-order valence-electron chi connectivity index (χ2n) is 4.46. The van der Waals surface area contributed by atoms with Crippen LogP contribution in [0.15, 0.2) is 47.4 Å². The van der Waals surface area contributed by atoms with Crippen LogP contribution in [0.4, 0.5) is 0 Å². The summed E-state index contributed by atoms with van der Waals surface area (Å²) >= 11 is 0. The van der Waals surface area contributed by atoms with Crippen LogP contribution in [0.1, 0.15) is 26.2 Å². The lowest BCUT2D eigenvalue weighted by atomic mass is 10.1. The summed E-state index contributed by atoms with van der Waals surface area (Å²) in [5.74, 6) is 0. The third kappa shape index (κ3) is 3.33. The first kappa shape index (κ1) is 14.0. The zero-order valence-corrected chi connectivity index (χ0v) is 11.8. The Kier molecular flexibility index (Phi) is 4.56. The van der Waals surface area contributed by atoms with E-state index in [4.69, 9.17) is 4.18 Å². The van der Waals surface area contributed by atoms with E-state index in [1.807, 2.05) is 24.3 Å². The van der Waals surface area contributed by atoms with Gasteiger partial charge in [0.2, 0.25) is 0 Å². The SMILES string of the molecule is CCCCCOS(=O)(=O)c1cccc2ccccc12. The molecule has 0 spiro atoms. The van der Waals surface area contributed by atoms with Gasteiger partial charge in [-0.1, -0.05) is 56.2 Å². The highest BCUT2D eigenvalue weighted by Gasteiger charge is 2.17. The highest BCUT2D eigenvalue weighted by atomic mass is 32.2. The van der Waals surface area contributed by atoms with Crippen molar-refractivity contribution >= 4 is 20.9 Å². The maximum absolute atomic E-state index is 12.2. The fourth-order valence-electron chi connectivity index (χ4n) is 2.00. The summed E-state index contributed by atoms with van der Waals surface area (Å²) in [4.78, 5) is 0.252. The molecule has 0 fully saturated rings. The van der Waals surface area contributed by atoms with Crippen molar-refractivity contribution in [3.05, 3.63) is 42.5 Å². The van der Waals surface area contributed by atoms with Crippen LogP contribution in [0.25, 0.3) is 10.8 Å². The third-order valence-electron chi connectivity index (χ3n) is 3.01. The Bertz CT molecular complexity index is 642.